The molecule has 24 heavy (non-hydrogen) atoms. The molecule has 2 rings (SSSR count). The largest absolute Gasteiger partial charge is 0.383 e. The number of allylic oxidation sites excluding steroid dienone is 2. The Balaban J connectivity index is 2.35. The van der Waals surface area contributed by atoms with E-state index in [2.05, 4.69) is 15.6 Å². The van der Waals surface area contributed by atoms with E-state index < -0.39 is 11.9 Å². The van der Waals surface area contributed by atoms with Gasteiger partial charge in [-0.3, -0.25) is 20.3 Å². The fraction of sp³-hybridized carbons (Fsp3) is 0.200. The number of rotatable bonds is 3. The van der Waals surface area contributed by atoms with Gasteiger partial charge in [0.1, 0.15) is 12.0 Å². The highest BCUT2D eigenvalue weighted by atomic mass is 16.2. The van der Waals surface area contributed by atoms with Gasteiger partial charge < -0.3 is 21.7 Å². The van der Waals surface area contributed by atoms with Crippen LogP contribution in [-0.2, 0) is 4.79 Å². The molecule has 1 aliphatic heterocycles. The van der Waals surface area contributed by atoms with Gasteiger partial charge in [-0.15, -0.1) is 0 Å². The van der Waals surface area contributed by atoms with Gasteiger partial charge in [0.15, 0.2) is 5.96 Å². The quantitative estimate of drug-likeness (QED) is 0.376. The third-order valence-corrected chi connectivity index (χ3v) is 3.36. The van der Waals surface area contributed by atoms with E-state index in [4.69, 9.17) is 16.9 Å². The number of likely N-dealkylation sites (N-methyl/N-ethyl adjacent to an activating group) is 1. The zero-order chi connectivity index (χ0) is 17.9. The van der Waals surface area contributed by atoms with Crippen molar-refractivity contribution < 1.29 is 9.59 Å². The van der Waals surface area contributed by atoms with Crippen LogP contribution in [0.25, 0.3) is 5.57 Å². The van der Waals surface area contributed by atoms with Crippen molar-refractivity contribution in [1.29, 1.82) is 5.41 Å². The molecule has 1 aliphatic rings. The summed E-state index contributed by atoms with van der Waals surface area (Å²) in [4.78, 5) is 29.2. The Labute approximate surface area is 138 Å². The SMILES string of the molecule is CC(=O)NC1C=C(c2cnc(N)c(C(=O)NC(=N)N)c2)C=CN1C. The zero-order valence-corrected chi connectivity index (χ0v) is 13.3. The molecule has 0 aliphatic carbocycles. The lowest BCUT2D eigenvalue weighted by Crippen LogP contribution is -2.42. The number of nitrogen functional groups attached to an aromatic ring is 1. The monoisotopic (exact) mass is 329 g/mol. The first kappa shape index (κ1) is 17.0. The topological polar surface area (TPSA) is 150 Å². The van der Waals surface area contributed by atoms with Crippen molar-refractivity contribution >= 4 is 29.2 Å². The molecule has 0 radical (unpaired) electrons. The Bertz CT molecular complexity index is 754. The second-order valence-electron chi connectivity index (χ2n) is 5.27. The van der Waals surface area contributed by atoms with Gasteiger partial charge in [-0.2, -0.15) is 0 Å². The van der Waals surface area contributed by atoms with E-state index in [1.54, 1.807) is 6.07 Å². The first-order valence-electron chi connectivity index (χ1n) is 7.08. The number of nitrogens with one attached hydrogen (secondary N) is 3. The van der Waals surface area contributed by atoms with Crippen LogP contribution in [0.2, 0.25) is 0 Å². The molecule has 0 bridgehead atoms. The van der Waals surface area contributed by atoms with E-state index >= 15 is 0 Å². The molecule has 0 saturated heterocycles. The third-order valence-electron chi connectivity index (χ3n) is 3.36. The number of nitrogens with two attached hydrogens (primary N) is 2. The Hall–Kier alpha value is -3.36. The van der Waals surface area contributed by atoms with Gasteiger partial charge in [0.2, 0.25) is 5.91 Å². The van der Waals surface area contributed by atoms with Gasteiger partial charge in [0.05, 0.1) is 5.56 Å². The predicted octanol–water partition coefficient (Wildman–Crippen LogP) is -0.408. The molecule has 1 unspecified atom stereocenters. The third kappa shape index (κ3) is 3.88. The minimum absolute atomic E-state index is 0.0356. The summed E-state index contributed by atoms with van der Waals surface area (Å²) < 4.78 is 0. The Morgan fingerprint density at radius 1 is 1.42 bits per heavy atom. The highest BCUT2D eigenvalue weighted by Crippen LogP contribution is 2.23. The van der Waals surface area contributed by atoms with E-state index in [1.807, 2.05) is 30.3 Å². The first-order chi connectivity index (χ1) is 11.3. The standard InChI is InChI=1S/C15H19N7O2/c1-8(23)20-12-6-9(3-4-22(12)2)10-5-11(13(16)19-7-10)14(24)21-15(17)18/h3-7,12H,1-2H3,(H2,16,19)(H,20,23)(H4,17,18,21,24). The average molecular weight is 329 g/mol. The number of guanidine groups is 1. The summed E-state index contributed by atoms with van der Waals surface area (Å²) in [5.74, 6) is -1.21. The molecule has 0 spiro atoms. The molecule has 2 heterocycles. The van der Waals surface area contributed by atoms with Crippen LogP contribution in [-0.4, -0.2) is 40.9 Å². The summed E-state index contributed by atoms with van der Waals surface area (Å²) in [7, 11) is 1.83. The summed E-state index contributed by atoms with van der Waals surface area (Å²) in [6.07, 6.45) is 6.70. The van der Waals surface area contributed by atoms with Gasteiger partial charge >= 0.3 is 0 Å². The molecular formula is C15H19N7O2. The average Bonchev–Trinajstić information content (AvgIpc) is 2.49. The van der Waals surface area contributed by atoms with Gasteiger partial charge in [0, 0.05) is 31.9 Å². The summed E-state index contributed by atoms with van der Waals surface area (Å²) in [5.41, 5.74) is 12.4. The molecule has 0 fully saturated rings. The molecule has 1 aromatic heterocycles. The highest BCUT2D eigenvalue weighted by Gasteiger charge is 2.18. The molecule has 2 amide bonds. The lowest BCUT2D eigenvalue weighted by Gasteiger charge is -2.28. The molecule has 7 N–H and O–H groups in total. The van der Waals surface area contributed by atoms with Crippen molar-refractivity contribution in [3.63, 3.8) is 0 Å². The Morgan fingerprint density at radius 2 is 2.12 bits per heavy atom. The minimum Gasteiger partial charge on any atom is -0.383 e. The molecule has 126 valence electrons. The fourth-order valence-electron chi connectivity index (χ4n) is 2.18. The van der Waals surface area contributed by atoms with Crippen molar-refractivity contribution in [3.05, 3.63) is 41.7 Å². The number of hydrogen-bond acceptors (Lipinski definition) is 6. The van der Waals surface area contributed by atoms with Crippen molar-refractivity contribution in [2.75, 3.05) is 12.8 Å². The van der Waals surface area contributed by atoms with E-state index in [9.17, 15) is 9.59 Å². The van der Waals surface area contributed by atoms with Crippen LogP contribution in [0.5, 0.6) is 0 Å². The molecular weight excluding hydrogens is 310 g/mol. The normalized spacial score (nSPS) is 16.3. The van der Waals surface area contributed by atoms with Crippen LogP contribution in [0, 0.1) is 5.41 Å². The van der Waals surface area contributed by atoms with Crippen molar-refractivity contribution in [3.8, 4) is 0 Å². The number of pyridine rings is 1. The molecule has 1 aromatic rings. The van der Waals surface area contributed by atoms with Gasteiger partial charge in [0.25, 0.3) is 5.91 Å². The van der Waals surface area contributed by atoms with E-state index in [0.717, 1.165) is 5.57 Å². The number of nitrogens with zero attached hydrogens (tertiary/aromatic N) is 2. The summed E-state index contributed by atoms with van der Waals surface area (Å²) in [6, 6.07) is 1.56. The van der Waals surface area contributed by atoms with Crippen molar-refractivity contribution in [1.82, 2.24) is 20.5 Å². The summed E-state index contributed by atoms with van der Waals surface area (Å²) >= 11 is 0. The Kier molecular flexibility index (Phi) is 4.83. The lowest BCUT2D eigenvalue weighted by atomic mass is 10.0. The van der Waals surface area contributed by atoms with Crippen LogP contribution >= 0.6 is 0 Å². The second-order valence-corrected chi connectivity index (χ2v) is 5.27. The first-order valence-corrected chi connectivity index (χ1v) is 7.08. The minimum atomic E-state index is -0.606. The maximum absolute atomic E-state index is 12.0. The number of carbonyl (C=O) groups is 2. The summed E-state index contributed by atoms with van der Waals surface area (Å²) in [6.45, 7) is 1.44. The van der Waals surface area contributed by atoms with Crippen LogP contribution < -0.4 is 22.1 Å². The van der Waals surface area contributed by atoms with Crippen molar-refractivity contribution in [2.45, 2.75) is 13.1 Å². The van der Waals surface area contributed by atoms with Crippen LogP contribution in [0.1, 0.15) is 22.8 Å². The molecule has 9 nitrogen and oxygen atoms in total. The van der Waals surface area contributed by atoms with Crippen LogP contribution in [0.15, 0.2) is 30.6 Å². The number of hydrogen-bond donors (Lipinski definition) is 5. The zero-order valence-electron chi connectivity index (χ0n) is 13.3. The number of amides is 2. The Morgan fingerprint density at radius 3 is 2.75 bits per heavy atom. The number of carbonyl (C=O) groups excluding carboxylic acids is 2. The van der Waals surface area contributed by atoms with Crippen LogP contribution in [0.3, 0.4) is 0 Å². The molecule has 9 heteroatoms. The van der Waals surface area contributed by atoms with Gasteiger partial charge in [-0.1, -0.05) is 0 Å². The molecule has 0 saturated carbocycles. The lowest BCUT2D eigenvalue weighted by molar-refractivity contribution is -0.120. The van der Waals surface area contributed by atoms with E-state index in [1.165, 1.54) is 13.1 Å². The highest BCUT2D eigenvalue weighted by molar-refractivity contribution is 6.07. The molecule has 0 aromatic carbocycles. The van der Waals surface area contributed by atoms with E-state index in [0.29, 0.717) is 5.56 Å². The van der Waals surface area contributed by atoms with Gasteiger partial charge in [-0.25, -0.2) is 4.98 Å². The second kappa shape index (κ2) is 6.82. The molecule has 1 atom stereocenters. The van der Waals surface area contributed by atoms with Crippen molar-refractivity contribution in [2.24, 2.45) is 5.73 Å². The number of aromatic nitrogens is 1. The van der Waals surface area contributed by atoms with E-state index in [-0.39, 0.29) is 23.5 Å². The smallest absolute Gasteiger partial charge is 0.261 e. The summed E-state index contributed by atoms with van der Waals surface area (Å²) in [5, 5.41) is 12.1. The van der Waals surface area contributed by atoms with Crippen LogP contribution in [0.4, 0.5) is 5.82 Å². The fourth-order valence-corrected chi connectivity index (χ4v) is 2.18. The van der Waals surface area contributed by atoms with Gasteiger partial charge in [-0.05, 0) is 23.8 Å². The maximum Gasteiger partial charge on any atom is 0.261 e. The number of anilines is 1. The predicted molar refractivity (Wildman–Crippen MR) is 90.5 cm³/mol. The maximum atomic E-state index is 12.0.